The van der Waals surface area contributed by atoms with Crippen molar-refractivity contribution >= 4 is 22.0 Å². The maximum atomic E-state index is 14.0. The monoisotopic (exact) mass is 627 g/mol. The van der Waals surface area contributed by atoms with E-state index in [2.05, 4.69) is 5.32 Å². The Morgan fingerprint density at radius 3 is 2.61 bits per heavy atom. The molecule has 3 heterocycles. The lowest BCUT2D eigenvalue weighted by Crippen LogP contribution is -2.52. The maximum absolute atomic E-state index is 14.0. The van der Waals surface area contributed by atoms with Crippen LogP contribution in [0.4, 0.5) is 4.79 Å². The molecular weight excluding hydrogens is 586 g/mol. The molecular formula is C32H41N3O8S. The summed E-state index contributed by atoms with van der Waals surface area (Å²) in [4.78, 5) is 27.3. The normalized spacial score (nSPS) is 27.1. The van der Waals surface area contributed by atoms with Gasteiger partial charge in [-0.1, -0.05) is 44.2 Å². The number of benzene rings is 2. The largest absolute Gasteiger partial charge is 0.445 e. The van der Waals surface area contributed by atoms with Crippen molar-refractivity contribution in [3.63, 3.8) is 0 Å². The Labute approximate surface area is 258 Å². The summed E-state index contributed by atoms with van der Waals surface area (Å²) in [7, 11) is -2.37. The Balaban J connectivity index is 1.21. The number of ether oxygens (including phenoxy) is 3. The van der Waals surface area contributed by atoms with Crippen LogP contribution in [-0.4, -0.2) is 92.6 Å². The van der Waals surface area contributed by atoms with Crippen molar-refractivity contribution in [3.05, 3.63) is 65.2 Å². The van der Waals surface area contributed by atoms with Crippen molar-refractivity contribution < 1.29 is 37.3 Å². The summed E-state index contributed by atoms with van der Waals surface area (Å²) in [6.07, 6.45) is -1.32. The standard InChI is InChI=1S/C32H41N3O8S/c1-19(2)14-35(44(39,40)23-9-10-24-21(12-23)15-34(3)30(24)37)16-28(36)27(11-20-7-5-4-6-8-20)33-32(38)43-29-22-13-25-26(29)18-42-31(25)41-17-22/h4-10,12,19,22,25-29,31,36H,11,13-18H2,1-3H3,(H,33,38)/t22?,25?,26?,27-,28+,29?,31?/m0/s1. The number of nitrogens with one attached hydrogen (secondary N) is 1. The minimum Gasteiger partial charge on any atom is -0.445 e. The van der Waals surface area contributed by atoms with Crippen LogP contribution in [0.3, 0.4) is 0 Å². The van der Waals surface area contributed by atoms with E-state index in [0.29, 0.717) is 30.9 Å². The zero-order valence-electron chi connectivity index (χ0n) is 25.3. The van der Waals surface area contributed by atoms with Gasteiger partial charge in [0.25, 0.3) is 5.91 Å². The number of rotatable bonds is 11. The van der Waals surface area contributed by atoms with E-state index in [9.17, 15) is 23.1 Å². The lowest BCUT2D eigenvalue weighted by atomic mass is 9.98. The Hall–Kier alpha value is -3.03. The van der Waals surface area contributed by atoms with E-state index >= 15 is 0 Å². The molecule has 6 rings (SSSR count). The number of carbonyl (C=O) groups is 2. The number of fused-ring (bicyclic) bond motifs is 2. The molecule has 4 aliphatic rings. The van der Waals surface area contributed by atoms with Gasteiger partial charge in [0.1, 0.15) is 6.10 Å². The van der Waals surface area contributed by atoms with Gasteiger partial charge in [-0.05, 0) is 48.1 Å². The molecule has 2 N–H and O–H groups in total. The average Bonchev–Trinajstić information content (AvgIpc) is 3.62. The second-order valence-corrected chi connectivity index (χ2v) is 14.9. The van der Waals surface area contributed by atoms with Crippen LogP contribution in [0.1, 0.15) is 41.8 Å². The minimum atomic E-state index is -4.05. The first-order valence-corrected chi connectivity index (χ1v) is 16.8. The first-order valence-electron chi connectivity index (χ1n) is 15.3. The van der Waals surface area contributed by atoms with Gasteiger partial charge >= 0.3 is 6.09 Å². The number of nitrogens with zero attached hydrogens (tertiary/aromatic N) is 2. The van der Waals surface area contributed by atoms with Crippen molar-refractivity contribution in [2.24, 2.45) is 23.7 Å². The van der Waals surface area contributed by atoms with Crippen molar-refractivity contribution in [1.29, 1.82) is 0 Å². The third-order valence-electron chi connectivity index (χ3n) is 9.26. The van der Waals surface area contributed by atoms with Crippen LogP contribution < -0.4 is 5.32 Å². The van der Waals surface area contributed by atoms with Crippen LogP contribution in [0.25, 0.3) is 0 Å². The van der Waals surface area contributed by atoms with Gasteiger partial charge in [0.15, 0.2) is 6.29 Å². The van der Waals surface area contributed by atoms with Crippen molar-refractivity contribution in [2.75, 3.05) is 33.4 Å². The molecule has 11 nitrogen and oxygen atoms in total. The van der Waals surface area contributed by atoms with Crippen LogP contribution in [0.2, 0.25) is 0 Å². The Morgan fingerprint density at radius 2 is 1.86 bits per heavy atom. The summed E-state index contributed by atoms with van der Waals surface area (Å²) in [5.74, 6) is 0.206. The van der Waals surface area contributed by atoms with Crippen LogP contribution in [-0.2, 0) is 37.2 Å². The predicted molar refractivity (Wildman–Crippen MR) is 160 cm³/mol. The van der Waals surface area contributed by atoms with Gasteiger partial charge in [0, 0.05) is 50.0 Å². The number of sulfonamides is 1. The summed E-state index contributed by atoms with van der Waals surface area (Å²) >= 11 is 0. The fourth-order valence-electron chi connectivity index (χ4n) is 7.08. The number of hydrogen-bond acceptors (Lipinski definition) is 8. The smallest absolute Gasteiger partial charge is 0.407 e. The van der Waals surface area contributed by atoms with Gasteiger partial charge in [0.05, 0.1) is 30.3 Å². The summed E-state index contributed by atoms with van der Waals surface area (Å²) < 4.78 is 46.7. The van der Waals surface area contributed by atoms with E-state index in [4.69, 9.17) is 14.2 Å². The van der Waals surface area contributed by atoms with Gasteiger partial charge in [-0.15, -0.1) is 0 Å². The molecule has 2 aromatic rings. The Morgan fingerprint density at radius 1 is 1.11 bits per heavy atom. The molecule has 0 aromatic heterocycles. The third-order valence-corrected chi connectivity index (χ3v) is 11.1. The van der Waals surface area contributed by atoms with E-state index in [0.717, 1.165) is 12.0 Å². The highest BCUT2D eigenvalue weighted by Crippen LogP contribution is 2.49. The number of aliphatic hydroxyl groups is 1. The first-order chi connectivity index (χ1) is 21.0. The van der Waals surface area contributed by atoms with Gasteiger partial charge < -0.3 is 29.5 Å². The van der Waals surface area contributed by atoms with E-state index < -0.39 is 28.3 Å². The second kappa shape index (κ2) is 12.4. The molecule has 2 bridgehead atoms. The quantitative estimate of drug-likeness (QED) is 0.389. The molecule has 7 atom stereocenters. The average molecular weight is 628 g/mol. The van der Waals surface area contributed by atoms with Crippen LogP contribution in [0.15, 0.2) is 53.4 Å². The number of hydrogen-bond donors (Lipinski definition) is 2. The number of carbonyl (C=O) groups excluding carboxylic acids is 2. The van der Waals surface area contributed by atoms with E-state index in [1.165, 1.54) is 10.4 Å². The Kier molecular flexibility index (Phi) is 8.73. The summed E-state index contributed by atoms with van der Waals surface area (Å²) in [5, 5.41) is 14.5. The van der Waals surface area contributed by atoms with Gasteiger partial charge in [-0.25, -0.2) is 13.2 Å². The summed E-state index contributed by atoms with van der Waals surface area (Å²) in [6.45, 7) is 5.01. The predicted octanol–water partition coefficient (Wildman–Crippen LogP) is 2.62. The van der Waals surface area contributed by atoms with Gasteiger partial charge in [-0.3, -0.25) is 4.79 Å². The van der Waals surface area contributed by atoms with Crippen molar-refractivity contribution in [3.8, 4) is 0 Å². The van der Waals surface area contributed by atoms with E-state index in [1.54, 1.807) is 24.1 Å². The maximum Gasteiger partial charge on any atom is 0.407 e. The molecule has 2 amide bonds. The molecule has 12 heteroatoms. The van der Waals surface area contributed by atoms with E-state index in [1.807, 2.05) is 44.2 Å². The third kappa shape index (κ3) is 6.10. The molecule has 3 aliphatic heterocycles. The lowest BCUT2D eigenvalue weighted by molar-refractivity contribution is -0.169. The molecule has 238 valence electrons. The molecule has 1 saturated carbocycles. The zero-order chi connectivity index (χ0) is 31.2. The molecule has 1 aliphatic carbocycles. The molecule has 0 radical (unpaired) electrons. The molecule has 5 unspecified atom stereocenters. The van der Waals surface area contributed by atoms with Crippen molar-refractivity contribution in [2.45, 2.75) is 62.7 Å². The fourth-order valence-corrected chi connectivity index (χ4v) is 8.75. The minimum absolute atomic E-state index is 0.0361. The Bertz CT molecular complexity index is 1490. The second-order valence-electron chi connectivity index (χ2n) is 12.9. The highest BCUT2D eigenvalue weighted by Gasteiger charge is 2.56. The number of alkyl carbamates (subject to hydrolysis) is 1. The zero-order valence-corrected chi connectivity index (χ0v) is 26.1. The fraction of sp³-hybridized carbons (Fsp3) is 0.562. The van der Waals surface area contributed by atoms with Crippen LogP contribution in [0, 0.1) is 23.7 Å². The highest BCUT2D eigenvalue weighted by atomic mass is 32.2. The lowest BCUT2D eigenvalue weighted by Gasteiger charge is -2.31. The SMILES string of the molecule is CC(C)CN(C[C@@H](O)[C@H](Cc1ccccc1)NC(=O)OC1C2COC3OCC1C3C2)S(=O)(=O)c1ccc2c(c1)CN(C)C2=O. The molecule has 2 saturated heterocycles. The molecule has 3 fully saturated rings. The van der Waals surface area contributed by atoms with Crippen molar-refractivity contribution in [1.82, 2.24) is 14.5 Å². The molecule has 44 heavy (non-hydrogen) atoms. The number of amides is 2. The highest BCUT2D eigenvalue weighted by molar-refractivity contribution is 7.89. The van der Waals surface area contributed by atoms with Gasteiger partial charge in [0.2, 0.25) is 10.0 Å². The van der Waals surface area contributed by atoms with E-state index in [-0.39, 0.29) is 66.4 Å². The summed E-state index contributed by atoms with van der Waals surface area (Å²) in [5.41, 5.74) is 2.01. The first kappa shape index (κ1) is 31.0. The number of aliphatic hydroxyl groups excluding tert-OH is 1. The van der Waals surface area contributed by atoms with Crippen LogP contribution in [0.5, 0.6) is 0 Å². The molecule has 2 aromatic carbocycles. The van der Waals surface area contributed by atoms with Gasteiger partial charge in [-0.2, -0.15) is 4.31 Å². The summed E-state index contributed by atoms with van der Waals surface area (Å²) in [6, 6.07) is 13.1. The topological polar surface area (TPSA) is 135 Å². The molecule has 0 spiro atoms. The van der Waals surface area contributed by atoms with Crippen LogP contribution >= 0.6 is 0 Å².